The van der Waals surface area contributed by atoms with Gasteiger partial charge in [0.2, 0.25) is 0 Å². The van der Waals surface area contributed by atoms with Crippen LogP contribution in [0.3, 0.4) is 0 Å². The quantitative estimate of drug-likeness (QED) is 0.228. The van der Waals surface area contributed by atoms with E-state index in [9.17, 15) is 4.79 Å². The fraction of sp³-hybridized carbons (Fsp3) is 0.457. The largest absolute Gasteiger partial charge is 0.444 e. The normalized spacial score (nSPS) is 24.5. The van der Waals surface area contributed by atoms with E-state index in [1.54, 1.807) is 16.7 Å². The van der Waals surface area contributed by atoms with Crippen LogP contribution in [-0.4, -0.2) is 73.1 Å². The van der Waals surface area contributed by atoms with Crippen LogP contribution in [0.1, 0.15) is 85.4 Å². The summed E-state index contributed by atoms with van der Waals surface area (Å²) in [6.45, 7) is 7.48. The van der Waals surface area contributed by atoms with E-state index in [2.05, 4.69) is 58.3 Å². The molecule has 8 nitrogen and oxygen atoms in total. The Hall–Kier alpha value is -3.21. The molecule has 3 fully saturated rings. The standard InChI is InChI=1S/C35H40N6O2S2/c1-35(2,3)43-34(42)41-14-16-45-33(41)31-37-19-27(39-31)25-12-11-24(28-22-9-10-23(17-22)29(25)28)20-5-7-21(8-6-20)26-18-36-30(38-26)32-40(4)13-15-44-32/h5-8,11-12,18-19,22-23,32-33H,9-10,13-17H2,1-4H3,(H,36,38)(H,37,39)/t22?,23?,32-,33-/m0/s1. The Morgan fingerprint density at radius 2 is 1.42 bits per heavy atom. The molecule has 0 spiro atoms. The van der Waals surface area contributed by atoms with Gasteiger partial charge in [-0.25, -0.2) is 14.8 Å². The van der Waals surface area contributed by atoms with Crippen LogP contribution in [0.2, 0.25) is 0 Å². The van der Waals surface area contributed by atoms with E-state index in [0.717, 1.165) is 46.7 Å². The van der Waals surface area contributed by atoms with Gasteiger partial charge < -0.3 is 14.7 Å². The number of aromatic amines is 2. The maximum Gasteiger partial charge on any atom is 0.411 e. The van der Waals surface area contributed by atoms with Gasteiger partial charge >= 0.3 is 6.09 Å². The lowest BCUT2D eigenvalue weighted by molar-refractivity contribution is 0.0249. The lowest BCUT2D eigenvalue weighted by Gasteiger charge is -2.27. The number of ether oxygens (including phenoxy) is 1. The van der Waals surface area contributed by atoms with Crippen molar-refractivity contribution in [2.45, 2.75) is 68.2 Å². The molecule has 1 amide bonds. The molecule has 234 valence electrons. The Kier molecular flexibility index (Phi) is 7.30. The fourth-order valence-electron chi connectivity index (χ4n) is 7.59. The van der Waals surface area contributed by atoms with E-state index in [1.165, 1.54) is 47.1 Å². The van der Waals surface area contributed by atoms with Gasteiger partial charge in [0, 0.05) is 30.2 Å². The number of H-pyrrole nitrogens is 2. The third-order valence-electron chi connectivity index (χ3n) is 9.63. The highest BCUT2D eigenvalue weighted by molar-refractivity contribution is 7.99. The van der Waals surface area contributed by atoms with Gasteiger partial charge in [-0.15, -0.1) is 23.5 Å². The zero-order valence-corrected chi connectivity index (χ0v) is 27.9. The third kappa shape index (κ3) is 5.28. The summed E-state index contributed by atoms with van der Waals surface area (Å²) in [5, 5.41) is 0.140. The van der Waals surface area contributed by atoms with E-state index >= 15 is 0 Å². The molecule has 2 bridgehead atoms. The topological polar surface area (TPSA) is 90.1 Å². The number of hydrogen-bond acceptors (Lipinski definition) is 7. The van der Waals surface area contributed by atoms with E-state index in [0.29, 0.717) is 23.8 Å². The maximum absolute atomic E-state index is 12.9. The number of benzene rings is 2. The minimum atomic E-state index is -0.528. The lowest BCUT2D eigenvalue weighted by atomic mass is 9.82. The summed E-state index contributed by atoms with van der Waals surface area (Å²) in [7, 11) is 2.16. The predicted octanol–water partition coefficient (Wildman–Crippen LogP) is 8.16. The van der Waals surface area contributed by atoms with E-state index in [1.807, 2.05) is 44.9 Å². The van der Waals surface area contributed by atoms with Crippen molar-refractivity contribution in [3.8, 4) is 33.6 Å². The van der Waals surface area contributed by atoms with Gasteiger partial charge in [-0.05, 0) is 86.7 Å². The van der Waals surface area contributed by atoms with Gasteiger partial charge in [0.15, 0.2) is 0 Å². The van der Waals surface area contributed by atoms with Crippen molar-refractivity contribution in [3.63, 3.8) is 0 Å². The molecule has 2 aromatic heterocycles. The monoisotopic (exact) mass is 640 g/mol. The van der Waals surface area contributed by atoms with E-state index in [4.69, 9.17) is 14.7 Å². The third-order valence-corrected chi connectivity index (χ3v) is 12.2. The number of carbonyl (C=O) groups is 1. The molecule has 4 atom stereocenters. The molecule has 4 heterocycles. The number of nitrogens with one attached hydrogen (secondary N) is 2. The highest BCUT2D eigenvalue weighted by Gasteiger charge is 2.41. The zero-order valence-electron chi connectivity index (χ0n) is 26.3. The van der Waals surface area contributed by atoms with Crippen molar-refractivity contribution in [1.82, 2.24) is 29.7 Å². The summed E-state index contributed by atoms with van der Waals surface area (Å²) in [6, 6.07) is 13.6. The van der Waals surface area contributed by atoms with Crippen molar-refractivity contribution in [2.24, 2.45) is 0 Å². The molecule has 4 aromatic rings. The van der Waals surface area contributed by atoms with Gasteiger partial charge in [-0.2, -0.15) is 0 Å². The second kappa shape index (κ2) is 11.2. The first kappa shape index (κ1) is 29.2. The summed E-state index contributed by atoms with van der Waals surface area (Å²) in [6.07, 6.45) is 7.38. The molecular weight excluding hydrogens is 601 g/mol. The number of nitrogens with zero attached hydrogens (tertiary/aromatic N) is 4. The number of imidazole rings is 2. The molecule has 45 heavy (non-hydrogen) atoms. The summed E-state index contributed by atoms with van der Waals surface area (Å²) in [5.74, 6) is 5.05. The first-order chi connectivity index (χ1) is 21.7. The Morgan fingerprint density at radius 3 is 2.13 bits per heavy atom. The Bertz CT molecular complexity index is 1740. The molecule has 2 aliphatic carbocycles. The summed E-state index contributed by atoms with van der Waals surface area (Å²) in [5.41, 5.74) is 9.61. The van der Waals surface area contributed by atoms with Crippen molar-refractivity contribution < 1.29 is 9.53 Å². The van der Waals surface area contributed by atoms with Gasteiger partial charge in [-0.3, -0.25) is 9.80 Å². The number of fused-ring (bicyclic) bond motifs is 5. The minimum absolute atomic E-state index is 0.167. The molecule has 0 radical (unpaired) electrons. The second-order valence-electron chi connectivity index (χ2n) is 13.7. The van der Waals surface area contributed by atoms with Crippen molar-refractivity contribution in [1.29, 1.82) is 0 Å². The number of aromatic nitrogens is 4. The molecule has 2 aliphatic heterocycles. The predicted molar refractivity (Wildman–Crippen MR) is 182 cm³/mol. The number of rotatable bonds is 5. The van der Waals surface area contributed by atoms with Crippen LogP contribution in [-0.2, 0) is 4.74 Å². The van der Waals surface area contributed by atoms with Gasteiger partial charge in [0.05, 0.1) is 23.8 Å². The second-order valence-corrected chi connectivity index (χ2v) is 16.1. The average molecular weight is 641 g/mol. The highest BCUT2D eigenvalue weighted by atomic mass is 32.2. The Balaban J connectivity index is 1.07. The van der Waals surface area contributed by atoms with Crippen molar-refractivity contribution in [3.05, 3.63) is 71.6 Å². The average Bonchev–Trinajstić information content (AvgIpc) is 3.86. The lowest BCUT2D eigenvalue weighted by Crippen LogP contribution is -2.36. The number of thioether (sulfide) groups is 2. The molecule has 2 N–H and O–H groups in total. The first-order valence-corrected chi connectivity index (χ1v) is 18.1. The molecule has 8 rings (SSSR count). The molecule has 1 saturated carbocycles. The van der Waals surface area contributed by atoms with Crippen LogP contribution in [0.15, 0.2) is 48.8 Å². The SMILES string of the molecule is CN1CCS[C@H]1c1ncc(-c2ccc(-c3ccc(-c4cnc([C@@H]5SCCN5C(=O)OC(C)(C)C)[nH]4)c4c3C3CCC4C3)cc2)[nH]1. The minimum Gasteiger partial charge on any atom is -0.444 e. The van der Waals surface area contributed by atoms with Crippen molar-refractivity contribution >= 4 is 29.6 Å². The smallest absolute Gasteiger partial charge is 0.411 e. The van der Waals surface area contributed by atoms with Gasteiger partial charge in [-0.1, -0.05) is 36.4 Å². The Morgan fingerprint density at radius 1 is 0.822 bits per heavy atom. The van der Waals surface area contributed by atoms with E-state index in [-0.39, 0.29) is 11.5 Å². The molecule has 4 aliphatic rings. The Labute approximate surface area is 273 Å². The van der Waals surface area contributed by atoms with Crippen LogP contribution in [0.4, 0.5) is 4.79 Å². The van der Waals surface area contributed by atoms with E-state index < -0.39 is 5.60 Å². The molecule has 2 unspecified atom stereocenters. The molecule has 2 aromatic carbocycles. The number of carbonyl (C=O) groups excluding carboxylic acids is 1. The summed E-state index contributed by atoms with van der Waals surface area (Å²) in [4.78, 5) is 33.8. The summed E-state index contributed by atoms with van der Waals surface area (Å²) >= 11 is 3.68. The highest BCUT2D eigenvalue weighted by Crippen LogP contribution is 2.58. The van der Waals surface area contributed by atoms with Crippen LogP contribution in [0, 0.1) is 0 Å². The molecule has 2 saturated heterocycles. The first-order valence-electron chi connectivity index (χ1n) is 16.0. The maximum atomic E-state index is 12.9. The molecule has 10 heteroatoms. The van der Waals surface area contributed by atoms with Crippen LogP contribution in [0.25, 0.3) is 33.6 Å². The van der Waals surface area contributed by atoms with Crippen LogP contribution in [0.5, 0.6) is 0 Å². The fourth-order valence-corrected chi connectivity index (χ4v) is 10.0. The summed E-state index contributed by atoms with van der Waals surface area (Å²) < 4.78 is 5.70. The van der Waals surface area contributed by atoms with Crippen LogP contribution < -0.4 is 0 Å². The van der Waals surface area contributed by atoms with Crippen molar-refractivity contribution in [2.75, 3.05) is 31.6 Å². The van der Waals surface area contributed by atoms with Gasteiger partial charge in [0.1, 0.15) is 28.0 Å². The molecular formula is C35H40N6O2S2. The van der Waals surface area contributed by atoms with Crippen LogP contribution >= 0.6 is 23.5 Å². The zero-order chi connectivity index (χ0) is 30.9. The number of amides is 1. The van der Waals surface area contributed by atoms with Gasteiger partial charge in [0.25, 0.3) is 0 Å². The number of hydrogen-bond donors (Lipinski definition) is 2.